The normalized spacial score (nSPS) is 17.7. The van der Waals surface area contributed by atoms with Crippen LogP contribution >= 0.6 is 15.9 Å². The van der Waals surface area contributed by atoms with Crippen molar-refractivity contribution in [2.75, 3.05) is 20.2 Å². The molecular weight excluding hydrogens is 378 g/mol. The molecule has 126 valence electrons. The molecule has 2 heterocycles. The van der Waals surface area contributed by atoms with Crippen LogP contribution in [0.1, 0.15) is 16.9 Å². The van der Waals surface area contributed by atoms with Gasteiger partial charge in [0.25, 0.3) is 5.91 Å². The van der Waals surface area contributed by atoms with E-state index in [4.69, 9.17) is 0 Å². The molecule has 7 nitrogen and oxygen atoms in total. The van der Waals surface area contributed by atoms with Gasteiger partial charge in [0.2, 0.25) is 5.91 Å². The van der Waals surface area contributed by atoms with E-state index in [9.17, 15) is 14.4 Å². The lowest BCUT2D eigenvalue weighted by atomic mass is 10.1. The zero-order valence-corrected chi connectivity index (χ0v) is 14.6. The van der Waals surface area contributed by atoms with Gasteiger partial charge in [-0.1, -0.05) is 15.9 Å². The van der Waals surface area contributed by atoms with E-state index in [1.165, 1.54) is 12.0 Å². The number of nitrogens with zero attached hydrogens (tertiary/aromatic N) is 1. The fraction of sp³-hybridized carbons (Fsp3) is 0.312. The first-order valence-electron chi connectivity index (χ1n) is 7.43. The van der Waals surface area contributed by atoms with Crippen molar-refractivity contribution in [2.24, 2.45) is 0 Å². The molecule has 2 amide bonds. The van der Waals surface area contributed by atoms with Gasteiger partial charge in [-0.05, 0) is 24.3 Å². The molecule has 1 aliphatic rings. The summed E-state index contributed by atoms with van der Waals surface area (Å²) in [4.78, 5) is 40.9. The number of benzene rings is 1. The summed E-state index contributed by atoms with van der Waals surface area (Å²) in [5.74, 6) is -1.19. The minimum atomic E-state index is -0.864. The average molecular weight is 394 g/mol. The topological polar surface area (TPSA) is 91.5 Å². The fourth-order valence-corrected chi connectivity index (χ4v) is 3.15. The van der Waals surface area contributed by atoms with Crippen LogP contribution in [0.2, 0.25) is 0 Å². The molecule has 0 spiro atoms. The second kappa shape index (κ2) is 6.64. The quantitative estimate of drug-likeness (QED) is 0.771. The number of hydrogen-bond donors (Lipinski definition) is 2. The van der Waals surface area contributed by atoms with E-state index in [-0.39, 0.29) is 18.2 Å². The zero-order valence-electron chi connectivity index (χ0n) is 13.0. The van der Waals surface area contributed by atoms with E-state index in [1.807, 2.05) is 18.2 Å². The third-order valence-electron chi connectivity index (χ3n) is 3.99. The summed E-state index contributed by atoms with van der Waals surface area (Å²) in [6, 6.07) is 6.52. The second-order valence-corrected chi connectivity index (χ2v) is 6.42. The van der Waals surface area contributed by atoms with Gasteiger partial charge in [-0.15, -0.1) is 0 Å². The number of aromatic nitrogens is 1. The number of fused-ring (bicyclic) bond motifs is 1. The summed E-state index contributed by atoms with van der Waals surface area (Å²) in [5, 5.41) is 3.56. The number of aromatic amines is 1. The lowest BCUT2D eigenvalue weighted by molar-refractivity contribution is -0.145. The molecule has 2 N–H and O–H groups in total. The van der Waals surface area contributed by atoms with Crippen LogP contribution in [-0.4, -0.2) is 53.9 Å². The molecule has 1 aromatic heterocycles. The predicted octanol–water partition coefficient (Wildman–Crippen LogP) is 1.43. The van der Waals surface area contributed by atoms with Gasteiger partial charge in [0, 0.05) is 28.5 Å². The molecule has 3 rings (SSSR count). The Hall–Kier alpha value is -2.35. The van der Waals surface area contributed by atoms with Crippen LogP contribution < -0.4 is 5.32 Å². The van der Waals surface area contributed by atoms with Gasteiger partial charge in [0.05, 0.1) is 13.5 Å². The van der Waals surface area contributed by atoms with E-state index in [0.717, 1.165) is 15.4 Å². The molecule has 2 aromatic rings. The highest BCUT2D eigenvalue weighted by atomic mass is 79.9. The third-order valence-corrected chi connectivity index (χ3v) is 4.49. The molecule has 1 unspecified atom stereocenters. The lowest BCUT2D eigenvalue weighted by Gasteiger charge is -2.34. The Labute approximate surface area is 146 Å². The number of hydrogen-bond acceptors (Lipinski definition) is 4. The Morgan fingerprint density at radius 3 is 2.92 bits per heavy atom. The van der Waals surface area contributed by atoms with Crippen LogP contribution in [0.3, 0.4) is 0 Å². The van der Waals surface area contributed by atoms with Crippen LogP contribution in [0.25, 0.3) is 10.9 Å². The Morgan fingerprint density at radius 2 is 2.17 bits per heavy atom. The molecular formula is C16H16BrN3O4. The Bertz CT molecular complexity index is 817. The summed E-state index contributed by atoms with van der Waals surface area (Å²) in [6.45, 7) is 0.694. The van der Waals surface area contributed by atoms with Crippen LogP contribution in [0, 0.1) is 0 Å². The van der Waals surface area contributed by atoms with Gasteiger partial charge in [-0.25, -0.2) is 0 Å². The van der Waals surface area contributed by atoms with Crippen LogP contribution in [0.15, 0.2) is 28.7 Å². The van der Waals surface area contributed by atoms with Crippen molar-refractivity contribution in [3.63, 3.8) is 0 Å². The summed E-state index contributed by atoms with van der Waals surface area (Å²) in [6.07, 6.45) is -0.167. The maximum absolute atomic E-state index is 12.8. The van der Waals surface area contributed by atoms with Crippen molar-refractivity contribution in [3.8, 4) is 0 Å². The first-order chi connectivity index (χ1) is 11.5. The van der Waals surface area contributed by atoms with Crippen molar-refractivity contribution in [3.05, 3.63) is 34.4 Å². The number of methoxy groups -OCH3 is 1. The van der Waals surface area contributed by atoms with Crippen molar-refractivity contribution in [1.82, 2.24) is 15.2 Å². The summed E-state index contributed by atoms with van der Waals surface area (Å²) < 4.78 is 5.54. The highest BCUT2D eigenvalue weighted by Crippen LogP contribution is 2.22. The monoisotopic (exact) mass is 393 g/mol. The molecule has 24 heavy (non-hydrogen) atoms. The lowest BCUT2D eigenvalue weighted by Crippen LogP contribution is -2.57. The van der Waals surface area contributed by atoms with E-state index >= 15 is 0 Å². The molecule has 1 atom stereocenters. The van der Waals surface area contributed by atoms with Crippen LogP contribution in [-0.2, 0) is 14.3 Å². The van der Waals surface area contributed by atoms with Gasteiger partial charge in [-0.3, -0.25) is 14.4 Å². The van der Waals surface area contributed by atoms with Gasteiger partial charge in [0.15, 0.2) is 0 Å². The molecule has 1 fully saturated rings. The minimum absolute atomic E-state index is 0.167. The second-order valence-electron chi connectivity index (χ2n) is 5.50. The summed E-state index contributed by atoms with van der Waals surface area (Å²) in [7, 11) is 1.25. The number of esters is 1. The molecule has 0 bridgehead atoms. The average Bonchev–Trinajstić information content (AvgIpc) is 2.98. The van der Waals surface area contributed by atoms with Gasteiger partial charge < -0.3 is 19.9 Å². The van der Waals surface area contributed by atoms with E-state index < -0.39 is 12.0 Å². The number of rotatable bonds is 3. The van der Waals surface area contributed by atoms with E-state index in [2.05, 4.69) is 31.0 Å². The van der Waals surface area contributed by atoms with Gasteiger partial charge in [-0.2, -0.15) is 0 Å². The minimum Gasteiger partial charge on any atom is -0.469 e. The number of ether oxygens (including phenoxy) is 1. The summed E-state index contributed by atoms with van der Waals surface area (Å²) in [5.41, 5.74) is 1.21. The molecule has 1 aliphatic heterocycles. The molecule has 0 aliphatic carbocycles. The largest absolute Gasteiger partial charge is 0.469 e. The van der Waals surface area contributed by atoms with Gasteiger partial charge >= 0.3 is 5.97 Å². The molecule has 1 saturated heterocycles. The number of piperazine rings is 1. The van der Waals surface area contributed by atoms with Crippen molar-refractivity contribution < 1.29 is 19.1 Å². The van der Waals surface area contributed by atoms with Crippen molar-refractivity contribution in [2.45, 2.75) is 12.5 Å². The van der Waals surface area contributed by atoms with Gasteiger partial charge in [0.1, 0.15) is 11.7 Å². The number of halogens is 1. The number of nitrogens with one attached hydrogen (secondary N) is 2. The number of carbonyl (C=O) groups is 3. The number of carbonyl (C=O) groups excluding carboxylic acids is 3. The Morgan fingerprint density at radius 1 is 1.38 bits per heavy atom. The Kier molecular flexibility index (Phi) is 4.57. The smallest absolute Gasteiger partial charge is 0.308 e. The SMILES string of the molecule is COC(=O)CC1C(=O)NCCN1C(=O)c1cc2cc(Br)ccc2[nH]1. The number of H-pyrrole nitrogens is 1. The first-order valence-corrected chi connectivity index (χ1v) is 8.22. The van der Waals surface area contributed by atoms with Crippen molar-refractivity contribution >= 4 is 44.6 Å². The van der Waals surface area contributed by atoms with Crippen molar-refractivity contribution in [1.29, 1.82) is 0 Å². The maximum Gasteiger partial charge on any atom is 0.308 e. The fourth-order valence-electron chi connectivity index (χ4n) is 2.78. The first kappa shape index (κ1) is 16.5. The number of amides is 2. The molecule has 0 radical (unpaired) electrons. The molecule has 0 saturated carbocycles. The molecule has 1 aromatic carbocycles. The zero-order chi connectivity index (χ0) is 17.3. The third kappa shape index (κ3) is 3.14. The van der Waals surface area contributed by atoms with Crippen LogP contribution in [0.4, 0.5) is 0 Å². The summed E-state index contributed by atoms with van der Waals surface area (Å²) >= 11 is 3.39. The van der Waals surface area contributed by atoms with E-state index in [1.54, 1.807) is 6.07 Å². The molecule has 8 heteroatoms. The standard InChI is InChI=1S/C16H16BrN3O4/c1-24-14(21)8-13-15(22)18-4-5-20(13)16(23)12-7-9-6-10(17)2-3-11(9)19-12/h2-3,6-7,13,19H,4-5,8H2,1H3,(H,18,22). The van der Waals surface area contributed by atoms with Crippen LogP contribution in [0.5, 0.6) is 0 Å². The highest BCUT2D eigenvalue weighted by molar-refractivity contribution is 9.10. The van der Waals surface area contributed by atoms with E-state index in [0.29, 0.717) is 18.8 Å². The predicted molar refractivity (Wildman–Crippen MR) is 90.5 cm³/mol. The highest BCUT2D eigenvalue weighted by Gasteiger charge is 2.35. The Balaban J connectivity index is 1.89. The maximum atomic E-state index is 12.8.